The van der Waals surface area contributed by atoms with E-state index in [9.17, 15) is 14.9 Å². The molecule has 1 N–H and O–H groups in total. The lowest BCUT2D eigenvalue weighted by atomic mass is 10.0. The standard InChI is InChI=1S/C19H21N3O4/c1-2-26-13-15-6-4-3-5-14(15)9-10-21-12-19(23)20-17-11-16(22(24)25)7-8-18(17)21/h3-8,11H,2,9-10,12-13H2,1H3,(H,20,23). The van der Waals surface area contributed by atoms with Crippen molar-refractivity contribution in [2.45, 2.75) is 20.0 Å². The van der Waals surface area contributed by atoms with Gasteiger partial charge in [0.2, 0.25) is 5.91 Å². The quantitative estimate of drug-likeness (QED) is 0.609. The molecule has 0 atom stereocenters. The first-order valence-corrected chi connectivity index (χ1v) is 8.56. The predicted octanol–water partition coefficient (Wildman–Crippen LogP) is 3.13. The second kappa shape index (κ2) is 7.97. The molecule has 136 valence electrons. The predicted molar refractivity (Wildman–Crippen MR) is 99.4 cm³/mol. The normalized spacial score (nSPS) is 13.3. The molecular weight excluding hydrogens is 334 g/mol. The molecular formula is C19H21N3O4. The van der Waals surface area contributed by atoms with Gasteiger partial charge in [-0.05, 0) is 30.5 Å². The molecule has 0 saturated carbocycles. The Morgan fingerprint density at radius 2 is 2.00 bits per heavy atom. The molecule has 3 rings (SSSR count). The van der Waals surface area contributed by atoms with Crippen LogP contribution in [0.1, 0.15) is 18.1 Å². The van der Waals surface area contributed by atoms with Crippen LogP contribution in [0.25, 0.3) is 0 Å². The number of hydrogen-bond acceptors (Lipinski definition) is 5. The zero-order chi connectivity index (χ0) is 18.5. The average Bonchev–Trinajstić information content (AvgIpc) is 2.64. The minimum absolute atomic E-state index is 0.0343. The minimum atomic E-state index is -0.463. The van der Waals surface area contributed by atoms with Gasteiger partial charge in [0.05, 0.1) is 29.4 Å². The Morgan fingerprint density at radius 1 is 1.23 bits per heavy atom. The smallest absolute Gasteiger partial charge is 0.271 e. The molecule has 0 saturated heterocycles. The number of non-ortho nitro benzene ring substituents is 1. The second-order valence-electron chi connectivity index (χ2n) is 6.08. The number of nitro benzene ring substituents is 1. The number of fused-ring (bicyclic) bond motifs is 1. The Balaban J connectivity index is 1.77. The second-order valence-corrected chi connectivity index (χ2v) is 6.08. The maximum Gasteiger partial charge on any atom is 0.271 e. The third-order valence-corrected chi connectivity index (χ3v) is 4.37. The molecule has 0 radical (unpaired) electrons. The third kappa shape index (κ3) is 4.00. The fourth-order valence-electron chi connectivity index (χ4n) is 3.07. The van der Waals surface area contributed by atoms with Crippen molar-refractivity contribution in [3.8, 4) is 0 Å². The van der Waals surface area contributed by atoms with E-state index in [1.807, 2.05) is 30.0 Å². The van der Waals surface area contributed by atoms with Crippen LogP contribution in [-0.2, 0) is 22.6 Å². The highest BCUT2D eigenvalue weighted by Crippen LogP contribution is 2.33. The molecule has 1 aliphatic rings. The summed E-state index contributed by atoms with van der Waals surface area (Å²) in [5.41, 5.74) is 3.57. The van der Waals surface area contributed by atoms with Crippen LogP contribution in [0.15, 0.2) is 42.5 Å². The van der Waals surface area contributed by atoms with Crippen LogP contribution in [0.2, 0.25) is 0 Å². The number of hydrogen-bond donors (Lipinski definition) is 1. The van der Waals surface area contributed by atoms with Gasteiger partial charge in [0.1, 0.15) is 0 Å². The highest BCUT2D eigenvalue weighted by atomic mass is 16.6. The van der Waals surface area contributed by atoms with Gasteiger partial charge in [-0.3, -0.25) is 14.9 Å². The molecule has 0 bridgehead atoms. The fourth-order valence-corrected chi connectivity index (χ4v) is 3.07. The summed E-state index contributed by atoms with van der Waals surface area (Å²) in [6.45, 7) is 4.06. The number of nitrogens with one attached hydrogen (secondary N) is 1. The summed E-state index contributed by atoms with van der Waals surface area (Å²) in [5.74, 6) is -0.166. The number of anilines is 2. The summed E-state index contributed by atoms with van der Waals surface area (Å²) in [6, 6.07) is 12.7. The number of benzene rings is 2. The van der Waals surface area contributed by atoms with E-state index in [1.54, 1.807) is 6.07 Å². The van der Waals surface area contributed by atoms with E-state index >= 15 is 0 Å². The van der Waals surface area contributed by atoms with Crippen LogP contribution >= 0.6 is 0 Å². The molecule has 2 aromatic rings. The molecule has 0 aromatic heterocycles. The van der Waals surface area contributed by atoms with Gasteiger partial charge >= 0.3 is 0 Å². The number of carbonyl (C=O) groups excluding carboxylic acids is 1. The van der Waals surface area contributed by atoms with E-state index in [0.717, 1.165) is 17.7 Å². The van der Waals surface area contributed by atoms with Crippen molar-refractivity contribution in [3.05, 3.63) is 63.7 Å². The molecule has 1 heterocycles. The van der Waals surface area contributed by atoms with Crippen LogP contribution in [0.5, 0.6) is 0 Å². The number of nitro groups is 1. The number of carbonyl (C=O) groups is 1. The first-order chi connectivity index (χ1) is 12.6. The molecule has 2 aromatic carbocycles. The molecule has 26 heavy (non-hydrogen) atoms. The van der Waals surface area contributed by atoms with Gasteiger partial charge in [-0.15, -0.1) is 0 Å². The van der Waals surface area contributed by atoms with Crippen molar-refractivity contribution < 1.29 is 14.5 Å². The Kier molecular flexibility index (Phi) is 5.48. The summed E-state index contributed by atoms with van der Waals surface area (Å²) < 4.78 is 5.52. The minimum Gasteiger partial charge on any atom is -0.377 e. The molecule has 1 aliphatic heterocycles. The highest BCUT2D eigenvalue weighted by Gasteiger charge is 2.24. The van der Waals surface area contributed by atoms with E-state index < -0.39 is 4.92 Å². The van der Waals surface area contributed by atoms with Gasteiger partial charge < -0.3 is 15.0 Å². The highest BCUT2D eigenvalue weighted by molar-refractivity contribution is 6.01. The van der Waals surface area contributed by atoms with Crippen molar-refractivity contribution in [3.63, 3.8) is 0 Å². The van der Waals surface area contributed by atoms with E-state index in [1.165, 1.54) is 17.7 Å². The van der Waals surface area contributed by atoms with Gasteiger partial charge in [-0.1, -0.05) is 24.3 Å². The summed E-state index contributed by atoms with van der Waals surface area (Å²) in [7, 11) is 0. The van der Waals surface area contributed by atoms with Crippen LogP contribution in [-0.4, -0.2) is 30.5 Å². The maximum absolute atomic E-state index is 12.0. The fraction of sp³-hybridized carbons (Fsp3) is 0.316. The molecule has 7 heteroatoms. The summed E-state index contributed by atoms with van der Waals surface area (Å²) in [5, 5.41) is 13.7. The van der Waals surface area contributed by atoms with Gasteiger partial charge in [0.15, 0.2) is 0 Å². The Bertz CT molecular complexity index is 822. The first kappa shape index (κ1) is 17.9. The van der Waals surface area contributed by atoms with E-state index in [2.05, 4.69) is 11.4 Å². The first-order valence-electron chi connectivity index (χ1n) is 8.56. The Hall–Kier alpha value is -2.93. The zero-order valence-corrected chi connectivity index (χ0v) is 14.6. The third-order valence-electron chi connectivity index (χ3n) is 4.37. The summed E-state index contributed by atoms with van der Waals surface area (Å²) in [4.78, 5) is 24.4. The number of nitrogens with zero attached hydrogens (tertiary/aromatic N) is 2. The number of rotatable bonds is 7. The lowest BCUT2D eigenvalue weighted by molar-refractivity contribution is -0.384. The zero-order valence-electron chi connectivity index (χ0n) is 14.6. The number of amides is 1. The van der Waals surface area contributed by atoms with Crippen LogP contribution < -0.4 is 10.2 Å². The molecule has 7 nitrogen and oxygen atoms in total. The van der Waals surface area contributed by atoms with Gasteiger partial charge in [0.25, 0.3) is 5.69 Å². The largest absolute Gasteiger partial charge is 0.377 e. The summed E-state index contributed by atoms with van der Waals surface area (Å²) >= 11 is 0. The summed E-state index contributed by atoms with van der Waals surface area (Å²) in [6.07, 6.45) is 0.757. The van der Waals surface area contributed by atoms with Crippen molar-refractivity contribution in [1.82, 2.24) is 0 Å². The van der Waals surface area contributed by atoms with Crippen molar-refractivity contribution in [2.24, 2.45) is 0 Å². The lowest BCUT2D eigenvalue weighted by Gasteiger charge is -2.31. The molecule has 1 amide bonds. The van der Waals surface area contributed by atoms with Gasteiger partial charge in [0, 0.05) is 25.3 Å². The molecule has 0 fully saturated rings. The SMILES string of the molecule is CCOCc1ccccc1CCN1CC(=O)Nc2cc([N+](=O)[O-])ccc21. The number of ether oxygens (including phenoxy) is 1. The van der Waals surface area contributed by atoms with E-state index in [0.29, 0.717) is 25.4 Å². The van der Waals surface area contributed by atoms with Crippen LogP contribution in [0.4, 0.5) is 17.1 Å². The molecule has 0 spiro atoms. The van der Waals surface area contributed by atoms with Gasteiger partial charge in [-0.2, -0.15) is 0 Å². The van der Waals surface area contributed by atoms with E-state index in [-0.39, 0.29) is 18.1 Å². The maximum atomic E-state index is 12.0. The average molecular weight is 355 g/mol. The van der Waals surface area contributed by atoms with Crippen molar-refractivity contribution in [2.75, 3.05) is 29.9 Å². The molecule has 0 aliphatic carbocycles. The topological polar surface area (TPSA) is 84.7 Å². The monoisotopic (exact) mass is 355 g/mol. The van der Waals surface area contributed by atoms with Crippen molar-refractivity contribution in [1.29, 1.82) is 0 Å². The van der Waals surface area contributed by atoms with E-state index in [4.69, 9.17) is 4.74 Å². The van der Waals surface area contributed by atoms with Crippen LogP contribution in [0, 0.1) is 10.1 Å². The molecule has 0 unspecified atom stereocenters. The van der Waals surface area contributed by atoms with Gasteiger partial charge in [-0.25, -0.2) is 0 Å². The Morgan fingerprint density at radius 3 is 2.73 bits per heavy atom. The Labute approximate surface area is 151 Å². The lowest BCUT2D eigenvalue weighted by Crippen LogP contribution is -2.39. The van der Waals surface area contributed by atoms with Crippen LogP contribution in [0.3, 0.4) is 0 Å². The van der Waals surface area contributed by atoms with Crippen molar-refractivity contribution >= 4 is 23.0 Å².